The Kier molecular flexibility index (Phi) is 3.85. The summed E-state index contributed by atoms with van der Waals surface area (Å²) in [7, 11) is 1.71. The number of aliphatic carboxylic acids is 1. The Hall–Kier alpha value is -1.10. The van der Waals surface area contributed by atoms with E-state index in [2.05, 4.69) is 4.90 Å². The van der Waals surface area contributed by atoms with Crippen LogP contribution in [0.1, 0.15) is 39.5 Å². The van der Waals surface area contributed by atoms with Gasteiger partial charge in [0.05, 0.1) is 11.5 Å². The number of carbonyl (C=O) groups is 2. The van der Waals surface area contributed by atoms with Crippen molar-refractivity contribution in [2.45, 2.75) is 51.1 Å². The lowest BCUT2D eigenvalue weighted by atomic mass is 9.97. The Morgan fingerprint density at radius 3 is 2.37 bits per heavy atom. The molecule has 5 nitrogen and oxygen atoms in total. The number of rotatable bonds is 2. The first kappa shape index (κ1) is 14.3. The molecule has 5 heteroatoms. The summed E-state index contributed by atoms with van der Waals surface area (Å²) in [5.74, 6) is -1.26. The van der Waals surface area contributed by atoms with Crippen LogP contribution in [0.15, 0.2) is 0 Å². The van der Waals surface area contributed by atoms with Gasteiger partial charge in [0.2, 0.25) is 5.91 Å². The molecule has 0 aromatic rings. The molecule has 2 aliphatic rings. The van der Waals surface area contributed by atoms with Crippen LogP contribution in [0, 0.1) is 5.92 Å². The van der Waals surface area contributed by atoms with E-state index in [1.165, 1.54) is 12.8 Å². The van der Waals surface area contributed by atoms with Crippen molar-refractivity contribution in [3.05, 3.63) is 0 Å². The SMILES string of the molecule is CN1CC(C(=O)O)CN(C2CCCC2)C(C)(C)C1=O. The molecule has 1 saturated heterocycles. The highest BCUT2D eigenvalue weighted by molar-refractivity contribution is 5.86. The molecule has 1 saturated carbocycles. The molecular formula is C14H24N2O3. The fourth-order valence-electron chi connectivity index (χ4n) is 3.50. The quantitative estimate of drug-likeness (QED) is 0.817. The Labute approximate surface area is 114 Å². The number of carbonyl (C=O) groups excluding carboxylic acids is 1. The number of amides is 1. The fraction of sp³-hybridized carbons (Fsp3) is 0.857. The van der Waals surface area contributed by atoms with Crippen LogP contribution in [0.25, 0.3) is 0 Å². The normalized spacial score (nSPS) is 29.5. The van der Waals surface area contributed by atoms with Crippen LogP contribution in [0.5, 0.6) is 0 Å². The van der Waals surface area contributed by atoms with Crippen LogP contribution in [0.4, 0.5) is 0 Å². The Morgan fingerprint density at radius 1 is 1.26 bits per heavy atom. The van der Waals surface area contributed by atoms with Gasteiger partial charge in [-0.15, -0.1) is 0 Å². The molecule has 0 bridgehead atoms. The summed E-state index contributed by atoms with van der Waals surface area (Å²) in [6, 6.07) is 0.354. The number of carboxylic acids is 1. The van der Waals surface area contributed by atoms with Gasteiger partial charge >= 0.3 is 5.97 Å². The molecule has 2 rings (SSSR count). The molecule has 1 N–H and O–H groups in total. The van der Waals surface area contributed by atoms with E-state index < -0.39 is 17.4 Å². The van der Waals surface area contributed by atoms with Crippen LogP contribution in [0.3, 0.4) is 0 Å². The molecule has 1 unspecified atom stereocenters. The zero-order chi connectivity index (χ0) is 14.2. The summed E-state index contributed by atoms with van der Waals surface area (Å²) in [5.41, 5.74) is -0.603. The minimum atomic E-state index is -0.805. The Balaban J connectivity index is 2.30. The van der Waals surface area contributed by atoms with Gasteiger partial charge < -0.3 is 10.0 Å². The van der Waals surface area contributed by atoms with Gasteiger partial charge in [-0.1, -0.05) is 12.8 Å². The summed E-state index contributed by atoms with van der Waals surface area (Å²) in [5, 5.41) is 9.33. The lowest BCUT2D eigenvalue weighted by Gasteiger charge is -2.40. The van der Waals surface area contributed by atoms with Crippen molar-refractivity contribution in [1.29, 1.82) is 0 Å². The second kappa shape index (κ2) is 5.12. The highest BCUT2D eigenvalue weighted by atomic mass is 16.4. The highest BCUT2D eigenvalue weighted by Crippen LogP contribution is 2.33. The summed E-state index contributed by atoms with van der Waals surface area (Å²) in [4.78, 5) is 27.6. The molecule has 1 atom stereocenters. The molecule has 1 amide bonds. The van der Waals surface area contributed by atoms with Gasteiger partial charge in [0, 0.05) is 26.2 Å². The molecule has 0 spiro atoms. The molecule has 1 aliphatic carbocycles. The third kappa shape index (κ3) is 2.61. The summed E-state index contributed by atoms with van der Waals surface area (Å²) in [6.07, 6.45) is 4.51. The first-order valence-electron chi connectivity index (χ1n) is 7.09. The smallest absolute Gasteiger partial charge is 0.309 e. The highest BCUT2D eigenvalue weighted by Gasteiger charge is 2.45. The van der Waals surface area contributed by atoms with Gasteiger partial charge in [0.25, 0.3) is 0 Å². The number of hydrogen-bond donors (Lipinski definition) is 1. The second-order valence-electron chi connectivity index (χ2n) is 6.37. The van der Waals surface area contributed by atoms with Crippen molar-refractivity contribution >= 4 is 11.9 Å². The van der Waals surface area contributed by atoms with Crippen molar-refractivity contribution in [3.8, 4) is 0 Å². The molecule has 0 aromatic heterocycles. The molecule has 1 aliphatic heterocycles. The molecule has 0 radical (unpaired) electrons. The molecule has 19 heavy (non-hydrogen) atoms. The van der Waals surface area contributed by atoms with Crippen LogP contribution >= 0.6 is 0 Å². The van der Waals surface area contributed by atoms with Gasteiger partial charge in [0.15, 0.2) is 0 Å². The van der Waals surface area contributed by atoms with Crippen LogP contribution in [-0.2, 0) is 9.59 Å². The summed E-state index contributed by atoms with van der Waals surface area (Å²) < 4.78 is 0. The first-order chi connectivity index (χ1) is 8.84. The maximum atomic E-state index is 12.5. The van der Waals surface area contributed by atoms with Gasteiger partial charge in [0.1, 0.15) is 0 Å². The van der Waals surface area contributed by atoms with E-state index >= 15 is 0 Å². The van der Waals surface area contributed by atoms with Gasteiger partial charge in [-0.3, -0.25) is 14.5 Å². The van der Waals surface area contributed by atoms with Crippen molar-refractivity contribution in [2.24, 2.45) is 5.92 Å². The number of carboxylic acid groups (broad SMARTS) is 1. The number of likely N-dealkylation sites (N-methyl/N-ethyl adjacent to an activating group) is 1. The summed E-state index contributed by atoms with van der Waals surface area (Å²) in [6.45, 7) is 4.63. The monoisotopic (exact) mass is 268 g/mol. The molecule has 0 aromatic carbocycles. The van der Waals surface area contributed by atoms with Crippen LogP contribution in [-0.4, -0.2) is 58.5 Å². The third-order valence-corrected chi connectivity index (χ3v) is 4.61. The topological polar surface area (TPSA) is 60.9 Å². The van der Waals surface area contributed by atoms with Crippen molar-refractivity contribution in [1.82, 2.24) is 9.80 Å². The molecule has 1 heterocycles. The third-order valence-electron chi connectivity index (χ3n) is 4.61. The number of nitrogens with zero attached hydrogens (tertiary/aromatic N) is 2. The average molecular weight is 268 g/mol. The zero-order valence-electron chi connectivity index (χ0n) is 12.1. The lowest BCUT2D eigenvalue weighted by Crippen LogP contribution is -2.56. The van der Waals surface area contributed by atoms with Gasteiger partial charge in [-0.2, -0.15) is 0 Å². The average Bonchev–Trinajstić information content (AvgIpc) is 2.82. The van der Waals surface area contributed by atoms with E-state index in [0.717, 1.165) is 12.8 Å². The predicted octanol–water partition coefficient (Wildman–Crippen LogP) is 1.18. The fourth-order valence-corrected chi connectivity index (χ4v) is 3.50. The Bertz CT molecular complexity index is 375. The van der Waals surface area contributed by atoms with E-state index in [1.54, 1.807) is 11.9 Å². The van der Waals surface area contributed by atoms with Crippen molar-refractivity contribution < 1.29 is 14.7 Å². The minimum Gasteiger partial charge on any atom is -0.481 e. The van der Waals surface area contributed by atoms with Crippen LogP contribution < -0.4 is 0 Å². The molecule has 2 fully saturated rings. The van der Waals surface area contributed by atoms with Crippen molar-refractivity contribution in [2.75, 3.05) is 20.1 Å². The molecule has 108 valence electrons. The largest absolute Gasteiger partial charge is 0.481 e. The van der Waals surface area contributed by atoms with E-state index in [-0.39, 0.29) is 5.91 Å². The Morgan fingerprint density at radius 2 is 1.84 bits per heavy atom. The van der Waals surface area contributed by atoms with E-state index in [0.29, 0.717) is 19.1 Å². The predicted molar refractivity (Wildman–Crippen MR) is 71.8 cm³/mol. The van der Waals surface area contributed by atoms with E-state index in [4.69, 9.17) is 0 Å². The second-order valence-corrected chi connectivity index (χ2v) is 6.37. The standard InChI is InChI=1S/C14H24N2O3/c1-14(2)13(19)15(3)8-10(12(17)18)9-16(14)11-6-4-5-7-11/h10-11H,4-9H2,1-3H3,(H,17,18). The minimum absolute atomic E-state index is 0.0307. The molecular weight excluding hydrogens is 244 g/mol. The van der Waals surface area contributed by atoms with E-state index in [1.807, 2.05) is 13.8 Å². The van der Waals surface area contributed by atoms with Crippen LogP contribution in [0.2, 0.25) is 0 Å². The lowest BCUT2D eigenvalue weighted by molar-refractivity contribution is -0.142. The van der Waals surface area contributed by atoms with Gasteiger partial charge in [-0.25, -0.2) is 0 Å². The van der Waals surface area contributed by atoms with E-state index in [9.17, 15) is 14.7 Å². The number of hydrogen-bond acceptors (Lipinski definition) is 3. The zero-order valence-corrected chi connectivity index (χ0v) is 12.1. The summed E-state index contributed by atoms with van der Waals surface area (Å²) >= 11 is 0. The maximum Gasteiger partial charge on any atom is 0.309 e. The maximum absolute atomic E-state index is 12.5. The first-order valence-corrected chi connectivity index (χ1v) is 7.09. The van der Waals surface area contributed by atoms with Gasteiger partial charge in [-0.05, 0) is 26.7 Å². The van der Waals surface area contributed by atoms with Crippen molar-refractivity contribution in [3.63, 3.8) is 0 Å².